The van der Waals surface area contributed by atoms with Crippen LogP contribution in [0.25, 0.3) is 0 Å². The number of rotatable bonds is 5. The molecule has 0 spiro atoms. The van der Waals surface area contributed by atoms with Gasteiger partial charge in [0.1, 0.15) is 11.5 Å². The lowest BCUT2D eigenvalue weighted by Crippen LogP contribution is -2.30. The smallest absolute Gasteiger partial charge is 0.325 e. The summed E-state index contributed by atoms with van der Waals surface area (Å²) >= 11 is 0. The fourth-order valence-corrected chi connectivity index (χ4v) is 2.24. The molecule has 22 heavy (non-hydrogen) atoms. The average Bonchev–Trinajstić information content (AvgIpc) is 2.82. The highest BCUT2D eigenvalue weighted by atomic mass is 16.3. The Morgan fingerprint density at radius 1 is 1.23 bits per heavy atom. The predicted octanol–water partition coefficient (Wildman–Crippen LogP) is 0.864. The Balaban J connectivity index is 1.98. The van der Waals surface area contributed by atoms with E-state index in [4.69, 9.17) is 4.42 Å². The number of nitrogens with zero attached hydrogens (tertiary/aromatic N) is 1. The molecule has 0 unspecified atom stereocenters. The van der Waals surface area contributed by atoms with Gasteiger partial charge in [-0.05, 0) is 32.4 Å². The van der Waals surface area contributed by atoms with Gasteiger partial charge in [0.2, 0.25) is 5.91 Å². The maximum Gasteiger partial charge on any atom is 0.325 e. The van der Waals surface area contributed by atoms with Gasteiger partial charge in [0.15, 0.2) is 0 Å². The third-order valence-electron chi connectivity index (χ3n) is 3.46. The number of aromatic nitrogens is 2. The second-order valence-electron chi connectivity index (χ2n) is 5.27. The molecule has 7 nitrogen and oxygen atoms in total. The van der Waals surface area contributed by atoms with Gasteiger partial charge >= 0.3 is 5.69 Å². The van der Waals surface area contributed by atoms with Crippen LogP contribution >= 0.6 is 0 Å². The molecular weight excluding hydrogens is 286 g/mol. The number of amides is 1. The molecule has 2 aromatic heterocycles. The Bertz CT molecular complexity index is 785. The number of aromatic amines is 2. The van der Waals surface area contributed by atoms with Crippen molar-refractivity contribution in [3.8, 4) is 0 Å². The van der Waals surface area contributed by atoms with Crippen LogP contribution in [0.2, 0.25) is 0 Å². The van der Waals surface area contributed by atoms with E-state index in [9.17, 15) is 14.4 Å². The van der Waals surface area contributed by atoms with Crippen LogP contribution < -0.4 is 11.2 Å². The highest BCUT2D eigenvalue weighted by Crippen LogP contribution is 2.10. The van der Waals surface area contributed by atoms with Crippen molar-refractivity contribution in [2.75, 3.05) is 7.05 Å². The van der Waals surface area contributed by atoms with Crippen molar-refractivity contribution in [1.29, 1.82) is 0 Å². The molecule has 0 saturated heterocycles. The Hall–Kier alpha value is -2.57. The maximum absolute atomic E-state index is 12.1. The molecule has 0 fully saturated rings. The van der Waals surface area contributed by atoms with Gasteiger partial charge in [-0.2, -0.15) is 0 Å². The van der Waals surface area contributed by atoms with Gasteiger partial charge in [-0.15, -0.1) is 0 Å². The molecule has 7 heteroatoms. The number of carbonyl (C=O) groups is 1. The first kappa shape index (κ1) is 15.8. The zero-order valence-electron chi connectivity index (χ0n) is 12.9. The van der Waals surface area contributed by atoms with E-state index < -0.39 is 11.2 Å². The lowest BCUT2D eigenvalue weighted by Gasteiger charge is -2.15. The summed E-state index contributed by atoms with van der Waals surface area (Å²) in [6, 6.07) is 3.67. The number of carbonyl (C=O) groups excluding carboxylic acids is 1. The summed E-state index contributed by atoms with van der Waals surface area (Å²) in [5.41, 5.74) is -0.0673. The SMILES string of the molecule is Cc1ccc(CN(C)C(=O)CCc2c(C)[nH]c(=O)[nH]c2=O)o1. The molecule has 0 bridgehead atoms. The second kappa shape index (κ2) is 6.46. The summed E-state index contributed by atoms with van der Waals surface area (Å²) in [5, 5.41) is 0. The molecule has 2 aromatic rings. The van der Waals surface area contributed by atoms with Crippen LogP contribution in [-0.2, 0) is 17.8 Å². The van der Waals surface area contributed by atoms with E-state index in [0.717, 1.165) is 5.76 Å². The van der Waals surface area contributed by atoms with Gasteiger partial charge in [-0.3, -0.25) is 14.6 Å². The van der Waals surface area contributed by atoms with E-state index in [0.29, 0.717) is 23.6 Å². The molecule has 0 atom stereocenters. The van der Waals surface area contributed by atoms with Crippen LogP contribution in [0.3, 0.4) is 0 Å². The van der Waals surface area contributed by atoms with E-state index in [-0.39, 0.29) is 18.7 Å². The van der Waals surface area contributed by atoms with Crippen molar-refractivity contribution in [1.82, 2.24) is 14.9 Å². The highest BCUT2D eigenvalue weighted by Gasteiger charge is 2.13. The van der Waals surface area contributed by atoms with Gasteiger partial charge in [-0.1, -0.05) is 0 Å². The molecule has 1 amide bonds. The van der Waals surface area contributed by atoms with E-state index in [1.807, 2.05) is 19.1 Å². The summed E-state index contributed by atoms with van der Waals surface area (Å²) in [7, 11) is 1.68. The minimum Gasteiger partial charge on any atom is -0.464 e. The molecule has 2 heterocycles. The predicted molar refractivity (Wildman–Crippen MR) is 80.7 cm³/mol. The summed E-state index contributed by atoms with van der Waals surface area (Å²) in [6.45, 7) is 3.87. The van der Waals surface area contributed by atoms with E-state index in [1.54, 1.807) is 18.9 Å². The number of hydrogen-bond donors (Lipinski definition) is 2. The second-order valence-corrected chi connectivity index (χ2v) is 5.27. The third kappa shape index (κ3) is 3.75. The molecule has 118 valence electrons. The van der Waals surface area contributed by atoms with Crippen molar-refractivity contribution in [3.05, 3.63) is 55.7 Å². The Labute approximate surface area is 127 Å². The Morgan fingerprint density at radius 2 is 1.95 bits per heavy atom. The minimum absolute atomic E-state index is 0.0981. The standard InChI is InChI=1S/C15H19N3O4/c1-9-4-5-11(22-9)8-18(3)13(19)7-6-12-10(2)16-15(21)17-14(12)20/h4-5H,6-8H2,1-3H3,(H2,16,17,20,21). The third-order valence-corrected chi connectivity index (χ3v) is 3.46. The van der Waals surface area contributed by atoms with Gasteiger partial charge in [0.25, 0.3) is 5.56 Å². The first-order valence-electron chi connectivity index (χ1n) is 6.98. The van der Waals surface area contributed by atoms with Crippen molar-refractivity contribution < 1.29 is 9.21 Å². The quantitative estimate of drug-likeness (QED) is 0.856. The first-order valence-corrected chi connectivity index (χ1v) is 6.98. The molecule has 0 radical (unpaired) electrons. The topological polar surface area (TPSA) is 99.2 Å². The van der Waals surface area contributed by atoms with Crippen LogP contribution in [0.4, 0.5) is 0 Å². The molecule has 2 rings (SSSR count). The fraction of sp³-hybridized carbons (Fsp3) is 0.400. The normalized spacial score (nSPS) is 10.7. The largest absolute Gasteiger partial charge is 0.464 e. The van der Waals surface area contributed by atoms with Crippen LogP contribution in [0, 0.1) is 13.8 Å². The van der Waals surface area contributed by atoms with Gasteiger partial charge in [0, 0.05) is 24.7 Å². The highest BCUT2D eigenvalue weighted by molar-refractivity contribution is 5.76. The Morgan fingerprint density at radius 3 is 2.55 bits per heavy atom. The molecule has 0 aliphatic carbocycles. The monoisotopic (exact) mass is 305 g/mol. The van der Waals surface area contributed by atoms with Crippen LogP contribution in [0.15, 0.2) is 26.1 Å². The number of H-pyrrole nitrogens is 2. The minimum atomic E-state index is -0.539. The molecule has 0 aliphatic rings. The number of aryl methyl sites for hydroxylation is 2. The average molecular weight is 305 g/mol. The zero-order chi connectivity index (χ0) is 16.3. The van der Waals surface area contributed by atoms with E-state index in [2.05, 4.69) is 9.97 Å². The van der Waals surface area contributed by atoms with E-state index >= 15 is 0 Å². The molecule has 0 aliphatic heterocycles. The first-order chi connectivity index (χ1) is 10.4. The zero-order valence-corrected chi connectivity index (χ0v) is 12.9. The Kier molecular flexibility index (Phi) is 4.65. The summed E-state index contributed by atoms with van der Waals surface area (Å²) < 4.78 is 5.43. The van der Waals surface area contributed by atoms with Crippen molar-refractivity contribution in [2.24, 2.45) is 0 Å². The lowest BCUT2D eigenvalue weighted by molar-refractivity contribution is -0.130. The molecule has 0 saturated carbocycles. The van der Waals surface area contributed by atoms with Crippen LogP contribution in [-0.4, -0.2) is 27.8 Å². The summed E-state index contributed by atoms with van der Waals surface area (Å²) in [6.07, 6.45) is 0.463. The fourth-order valence-electron chi connectivity index (χ4n) is 2.24. The molecule has 0 aromatic carbocycles. The van der Waals surface area contributed by atoms with Gasteiger partial charge < -0.3 is 14.3 Å². The van der Waals surface area contributed by atoms with Crippen LogP contribution in [0.1, 0.15) is 29.2 Å². The number of furan rings is 1. The summed E-state index contributed by atoms with van der Waals surface area (Å²) in [5.74, 6) is 1.41. The van der Waals surface area contributed by atoms with Gasteiger partial charge in [-0.25, -0.2) is 4.79 Å². The number of nitrogens with one attached hydrogen (secondary N) is 2. The molecular formula is C15H19N3O4. The molecule has 2 N–H and O–H groups in total. The summed E-state index contributed by atoms with van der Waals surface area (Å²) in [4.78, 5) is 41.2. The van der Waals surface area contributed by atoms with Gasteiger partial charge in [0.05, 0.1) is 6.54 Å². The lowest BCUT2D eigenvalue weighted by atomic mass is 10.1. The van der Waals surface area contributed by atoms with Crippen LogP contribution in [0.5, 0.6) is 0 Å². The van der Waals surface area contributed by atoms with E-state index in [1.165, 1.54) is 0 Å². The number of hydrogen-bond acceptors (Lipinski definition) is 4. The maximum atomic E-state index is 12.1. The van der Waals surface area contributed by atoms with Crippen molar-refractivity contribution >= 4 is 5.91 Å². The van der Waals surface area contributed by atoms with Crippen molar-refractivity contribution in [2.45, 2.75) is 33.2 Å². The van der Waals surface area contributed by atoms with Crippen molar-refractivity contribution in [3.63, 3.8) is 0 Å².